The zero-order valence-electron chi connectivity index (χ0n) is 21.0. The van der Waals surface area contributed by atoms with Crippen LogP contribution in [0.1, 0.15) is 28.1 Å². The highest BCUT2D eigenvalue weighted by atomic mass is 16.2. The van der Waals surface area contributed by atoms with Gasteiger partial charge in [-0.15, -0.1) is 5.10 Å². The number of anilines is 2. The number of rotatable bonds is 3. The number of aromatic nitrogens is 4. The molecule has 2 aromatic heterocycles. The van der Waals surface area contributed by atoms with E-state index in [2.05, 4.69) is 72.4 Å². The fourth-order valence-corrected chi connectivity index (χ4v) is 4.61. The van der Waals surface area contributed by atoms with E-state index in [1.165, 1.54) is 11.1 Å². The van der Waals surface area contributed by atoms with Crippen molar-refractivity contribution in [3.63, 3.8) is 0 Å². The Morgan fingerprint density at radius 3 is 2.26 bits per heavy atom. The predicted octanol–water partition coefficient (Wildman–Crippen LogP) is 4.71. The first kappa shape index (κ1) is 22.8. The van der Waals surface area contributed by atoms with E-state index >= 15 is 0 Å². The molecular weight excluding hydrogens is 438 g/mol. The topological polar surface area (TPSA) is 79.2 Å². The third-order valence-electron chi connectivity index (χ3n) is 6.89. The van der Waals surface area contributed by atoms with E-state index in [0.717, 1.165) is 45.0 Å². The maximum Gasteiger partial charge on any atom is 0.321 e. The molecule has 4 aromatic rings. The van der Waals surface area contributed by atoms with Gasteiger partial charge < -0.3 is 15.1 Å². The molecule has 0 aliphatic carbocycles. The van der Waals surface area contributed by atoms with Crippen molar-refractivity contribution in [2.75, 3.05) is 36.4 Å². The van der Waals surface area contributed by atoms with Crippen LogP contribution in [-0.2, 0) is 0 Å². The predicted molar refractivity (Wildman–Crippen MR) is 140 cm³/mol. The molecule has 0 saturated carbocycles. The largest absolute Gasteiger partial charge is 0.350 e. The Morgan fingerprint density at radius 2 is 1.57 bits per heavy atom. The van der Waals surface area contributed by atoms with Crippen LogP contribution in [0.25, 0.3) is 16.6 Å². The molecule has 0 unspecified atom stereocenters. The molecule has 2 aromatic carbocycles. The number of urea groups is 1. The average molecular weight is 470 g/mol. The van der Waals surface area contributed by atoms with Crippen molar-refractivity contribution in [2.45, 2.75) is 34.6 Å². The van der Waals surface area contributed by atoms with E-state index in [-0.39, 0.29) is 6.03 Å². The quantitative estimate of drug-likeness (QED) is 0.470. The van der Waals surface area contributed by atoms with Crippen molar-refractivity contribution in [2.24, 2.45) is 0 Å². The van der Waals surface area contributed by atoms with Crippen LogP contribution in [-0.4, -0.2) is 57.1 Å². The number of carbonyl (C=O) groups is 1. The Kier molecular flexibility index (Phi) is 5.88. The fraction of sp³-hybridized carbons (Fsp3) is 0.333. The van der Waals surface area contributed by atoms with Gasteiger partial charge in [0.15, 0.2) is 5.82 Å². The summed E-state index contributed by atoms with van der Waals surface area (Å²) >= 11 is 0. The molecule has 2 amide bonds. The maximum atomic E-state index is 12.8. The number of nitrogens with one attached hydrogen (secondary N) is 1. The van der Waals surface area contributed by atoms with Gasteiger partial charge in [0, 0.05) is 31.9 Å². The standard InChI is InChI=1S/C27H31N7O/c1-17-6-10-23(11-7-17)34-21(5)24-20(4)29-30-26(25(24)31-34)32-12-14-33(15-13-32)27(35)28-22-9-8-18(2)19(3)16-22/h6-11,16H,12-15H2,1-5H3,(H,28,35). The zero-order chi connectivity index (χ0) is 24.7. The van der Waals surface area contributed by atoms with E-state index in [0.29, 0.717) is 26.2 Å². The minimum atomic E-state index is -0.0764. The molecule has 5 rings (SSSR count). The van der Waals surface area contributed by atoms with E-state index in [1.807, 2.05) is 34.7 Å². The van der Waals surface area contributed by atoms with Gasteiger partial charge >= 0.3 is 6.03 Å². The minimum absolute atomic E-state index is 0.0764. The van der Waals surface area contributed by atoms with Crippen LogP contribution in [0.3, 0.4) is 0 Å². The fourth-order valence-electron chi connectivity index (χ4n) is 4.61. The number of amides is 2. The number of aryl methyl sites for hydroxylation is 5. The van der Waals surface area contributed by atoms with Crippen LogP contribution in [0.15, 0.2) is 42.5 Å². The van der Waals surface area contributed by atoms with Crippen LogP contribution < -0.4 is 10.2 Å². The molecule has 1 N–H and O–H groups in total. The molecule has 0 radical (unpaired) electrons. The highest BCUT2D eigenvalue weighted by molar-refractivity contribution is 5.93. The van der Waals surface area contributed by atoms with Gasteiger partial charge in [0.05, 0.1) is 22.5 Å². The first-order chi connectivity index (χ1) is 16.8. The van der Waals surface area contributed by atoms with Gasteiger partial charge in [0.25, 0.3) is 0 Å². The molecule has 35 heavy (non-hydrogen) atoms. The van der Waals surface area contributed by atoms with Crippen LogP contribution >= 0.6 is 0 Å². The van der Waals surface area contributed by atoms with E-state index < -0.39 is 0 Å². The highest BCUT2D eigenvalue weighted by Gasteiger charge is 2.26. The lowest BCUT2D eigenvalue weighted by atomic mass is 10.1. The number of nitrogens with zero attached hydrogens (tertiary/aromatic N) is 6. The summed E-state index contributed by atoms with van der Waals surface area (Å²) in [6.45, 7) is 12.8. The van der Waals surface area contributed by atoms with Gasteiger partial charge in [-0.05, 0) is 70.0 Å². The van der Waals surface area contributed by atoms with E-state index in [9.17, 15) is 4.79 Å². The summed E-state index contributed by atoms with van der Waals surface area (Å²) in [4.78, 5) is 16.9. The molecule has 8 nitrogen and oxygen atoms in total. The molecular formula is C27H31N7O. The summed E-state index contributed by atoms with van der Waals surface area (Å²) in [5.74, 6) is 0.772. The smallest absolute Gasteiger partial charge is 0.321 e. The van der Waals surface area contributed by atoms with E-state index in [1.54, 1.807) is 0 Å². The molecule has 3 heterocycles. The van der Waals surface area contributed by atoms with Crippen LogP contribution in [0.5, 0.6) is 0 Å². The molecule has 180 valence electrons. The number of hydrogen-bond donors (Lipinski definition) is 1. The third kappa shape index (κ3) is 4.32. The second-order valence-electron chi connectivity index (χ2n) is 9.37. The van der Waals surface area contributed by atoms with E-state index in [4.69, 9.17) is 5.10 Å². The summed E-state index contributed by atoms with van der Waals surface area (Å²) in [6.07, 6.45) is 0. The number of piperazine rings is 1. The Bertz CT molecular complexity index is 1400. The van der Waals surface area contributed by atoms with Crippen molar-refractivity contribution in [1.29, 1.82) is 0 Å². The second-order valence-corrected chi connectivity index (χ2v) is 9.37. The Morgan fingerprint density at radius 1 is 0.857 bits per heavy atom. The monoisotopic (exact) mass is 469 g/mol. The summed E-state index contributed by atoms with van der Waals surface area (Å²) < 4.78 is 1.97. The van der Waals surface area contributed by atoms with Gasteiger partial charge in [-0.25, -0.2) is 9.48 Å². The normalized spacial score (nSPS) is 14.0. The zero-order valence-corrected chi connectivity index (χ0v) is 21.0. The lowest BCUT2D eigenvalue weighted by Crippen LogP contribution is -2.50. The number of carbonyl (C=O) groups excluding carboxylic acids is 1. The first-order valence-electron chi connectivity index (χ1n) is 12.0. The molecule has 0 spiro atoms. The lowest BCUT2D eigenvalue weighted by Gasteiger charge is -2.35. The van der Waals surface area contributed by atoms with Gasteiger partial charge in [-0.1, -0.05) is 23.8 Å². The number of benzene rings is 2. The summed E-state index contributed by atoms with van der Waals surface area (Å²) in [7, 11) is 0. The van der Waals surface area contributed by atoms with Gasteiger partial charge in [-0.2, -0.15) is 10.2 Å². The van der Waals surface area contributed by atoms with Gasteiger partial charge in [0.1, 0.15) is 5.52 Å². The lowest BCUT2D eigenvalue weighted by molar-refractivity contribution is 0.208. The van der Waals surface area contributed by atoms with Crippen LogP contribution in [0.2, 0.25) is 0 Å². The Hall–Kier alpha value is -3.94. The molecule has 1 aliphatic heterocycles. The average Bonchev–Trinajstić information content (AvgIpc) is 3.20. The molecule has 0 atom stereocenters. The number of hydrogen-bond acceptors (Lipinski definition) is 5. The first-order valence-corrected chi connectivity index (χ1v) is 12.0. The summed E-state index contributed by atoms with van der Waals surface area (Å²) in [5, 5.41) is 18.0. The molecule has 0 bridgehead atoms. The van der Waals surface area contributed by atoms with Crippen LogP contribution in [0.4, 0.5) is 16.3 Å². The van der Waals surface area contributed by atoms with Crippen molar-refractivity contribution in [3.05, 3.63) is 70.5 Å². The number of fused-ring (bicyclic) bond motifs is 1. The summed E-state index contributed by atoms with van der Waals surface area (Å²) in [6, 6.07) is 14.3. The van der Waals surface area contributed by atoms with Crippen molar-refractivity contribution in [1.82, 2.24) is 24.9 Å². The highest BCUT2D eigenvalue weighted by Crippen LogP contribution is 2.30. The summed E-state index contributed by atoms with van der Waals surface area (Å²) in [5.41, 5.74) is 8.18. The third-order valence-corrected chi connectivity index (χ3v) is 6.89. The second kappa shape index (κ2) is 9.02. The maximum absolute atomic E-state index is 12.8. The van der Waals surface area contributed by atoms with Gasteiger partial charge in [-0.3, -0.25) is 0 Å². The van der Waals surface area contributed by atoms with Crippen molar-refractivity contribution >= 4 is 28.4 Å². The molecule has 1 saturated heterocycles. The molecule has 1 aliphatic rings. The van der Waals surface area contributed by atoms with Crippen molar-refractivity contribution in [3.8, 4) is 5.69 Å². The minimum Gasteiger partial charge on any atom is -0.350 e. The Labute approximate surface area is 205 Å². The van der Waals surface area contributed by atoms with Gasteiger partial charge in [0.2, 0.25) is 0 Å². The molecule has 8 heteroatoms. The molecule has 1 fully saturated rings. The SMILES string of the molecule is Cc1ccc(-n2nc3c(N4CCN(C(=O)Nc5ccc(C)c(C)c5)CC4)nnc(C)c3c2C)cc1. The van der Waals surface area contributed by atoms with Crippen molar-refractivity contribution < 1.29 is 4.79 Å². The van der Waals surface area contributed by atoms with Crippen LogP contribution in [0, 0.1) is 34.6 Å². The Balaban J connectivity index is 1.35.